The molecule has 0 fully saturated rings. The van der Waals surface area contributed by atoms with Crippen LogP contribution in [0.4, 0.5) is 5.82 Å². The molecule has 3 aromatic rings. The summed E-state index contributed by atoms with van der Waals surface area (Å²) in [6.07, 6.45) is 1.70. The van der Waals surface area contributed by atoms with Gasteiger partial charge in [0, 0.05) is 41.2 Å². The molecule has 0 unspecified atom stereocenters. The molecule has 30 heavy (non-hydrogen) atoms. The number of hydrogen-bond acceptors (Lipinski definition) is 4. The highest BCUT2D eigenvalue weighted by molar-refractivity contribution is 5.95. The number of nitrogen functional groups attached to an aromatic ring is 1. The van der Waals surface area contributed by atoms with Crippen LogP contribution in [-0.2, 0) is 0 Å². The average Bonchev–Trinajstić information content (AvgIpc) is 2.77. The van der Waals surface area contributed by atoms with Crippen LogP contribution in [0.1, 0.15) is 40.9 Å². The van der Waals surface area contributed by atoms with E-state index in [2.05, 4.69) is 40.9 Å². The summed E-state index contributed by atoms with van der Waals surface area (Å²) in [6, 6.07) is 13.4. The number of hydrogen-bond donors (Lipinski definition) is 2. The first-order chi connectivity index (χ1) is 14.5. The number of fused-ring (bicyclic) bond motifs is 1. The molecule has 0 bridgehead atoms. The minimum atomic E-state index is -0.0789. The third kappa shape index (κ3) is 4.97. The van der Waals surface area contributed by atoms with E-state index in [9.17, 15) is 4.79 Å². The normalized spacial score (nSPS) is 10.7. The highest BCUT2D eigenvalue weighted by Gasteiger charge is 2.08. The molecule has 0 saturated heterocycles. The fourth-order valence-electron chi connectivity index (χ4n) is 3.32. The van der Waals surface area contributed by atoms with Gasteiger partial charge in [0.2, 0.25) is 0 Å². The lowest BCUT2D eigenvalue weighted by molar-refractivity contribution is 0.0949. The third-order valence-electron chi connectivity index (χ3n) is 5.27. The molecule has 3 N–H and O–H groups in total. The smallest absolute Gasteiger partial charge is 0.251 e. The van der Waals surface area contributed by atoms with Crippen molar-refractivity contribution < 1.29 is 4.79 Å². The van der Waals surface area contributed by atoms with Gasteiger partial charge in [0.1, 0.15) is 5.82 Å². The molecule has 0 atom stereocenters. The number of anilines is 1. The maximum Gasteiger partial charge on any atom is 0.251 e. The van der Waals surface area contributed by atoms with Crippen molar-refractivity contribution in [3.05, 3.63) is 70.9 Å². The van der Waals surface area contributed by atoms with Gasteiger partial charge in [-0.15, -0.1) is 0 Å². The van der Waals surface area contributed by atoms with Crippen molar-refractivity contribution >= 4 is 22.5 Å². The Labute approximate surface area is 178 Å². The molecule has 3 rings (SSSR count). The predicted molar refractivity (Wildman–Crippen MR) is 123 cm³/mol. The summed E-state index contributed by atoms with van der Waals surface area (Å²) in [7, 11) is 0. The SMILES string of the molecule is CCN(CC)CCNC(=O)c1ccc(C)c(C#Cc2cnc(N)c3ccccc23)c1. The Balaban J connectivity index is 1.81. The molecule has 5 heteroatoms. The number of amides is 1. The van der Waals surface area contributed by atoms with Crippen molar-refractivity contribution in [2.75, 3.05) is 31.9 Å². The van der Waals surface area contributed by atoms with Crippen molar-refractivity contribution in [3.8, 4) is 11.8 Å². The van der Waals surface area contributed by atoms with Crippen LogP contribution in [0.2, 0.25) is 0 Å². The number of benzene rings is 2. The predicted octanol–water partition coefficient (Wildman–Crippen LogP) is 3.60. The van der Waals surface area contributed by atoms with Crippen LogP contribution in [0.3, 0.4) is 0 Å². The monoisotopic (exact) mass is 400 g/mol. The number of likely N-dealkylation sites (N-methyl/N-ethyl adjacent to an activating group) is 1. The topological polar surface area (TPSA) is 71.2 Å². The van der Waals surface area contributed by atoms with Crippen LogP contribution in [-0.4, -0.2) is 42.0 Å². The van der Waals surface area contributed by atoms with E-state index < -0.39 is 0 Å². The Morgan fingerprint density at radius 2 is 1.77 bits per heavy atom. The number of nitrogens with two attached hydrogens (primary N) is 1. The zero-order valence-corrected chi connectivity index (χ0v) is 17.8. The maximum absolute atomic E-state index is 12.6. The standard InChI is InChI=1S/C25H28N4O/c1-4-29(5-2)15-14-27-25(30)20-11-10-18(3)19(16-20)12-13-21-17-28-24(26)23-9-7-6-8-22(21)23/h6-11,16-17H,4-5,14-15H2,1-3H3,(H2,26,28)(H,27,30). The lowest BCUT2D eigenvalue weighted by Gasteiger charge is -2.18. The Hall–Kier alpha value is -3.36. The molecule has 1 aromatic heterocycles. The van der Waals surface area contributed by atoms with Crippen molar-refractivity contribution in [1.29, 1.82) is 0 Å². The van der Waals surface area contributed by atoms with Crippen LogP contribution < -0.4 is 11.1 Å². The number of aromatic nitrogens is 1. The number of carbonyl (C=O) groups is 1. The molecule has 5 nitrogen and oxygen atoms in total. The van der Waals surface area contributed by atoms with Crippen molar-refractivity contribution in [1.82, 2.24) is 15.2 Å². The van der Waals surface area contributed by atoms with Crippen molar-refractivity contribution in [3.63, 3.8) is 0 Å². The quantitative estimate of drug-likeness (QED) is 0.620. The summed E-state index contributed by atoms with van der Waals surface area (Å²) in [5, 5.41) is 4.86. The maximum atomic E-state index is 12.6. The van der Waals surface area contributed by atoms with Gasteiger partial charge < -0.3 is 16.0 Å². The minimum Gasteiger partial charge on any atom is -0.383 e. The molecule has 0 spiro atoms. The van der Waals surface area contributed by atoms with Gasteiger partial charge in [-0.3, -0.25) is 4.79 Å². The lowest BCUT2D eigenvalue weighted by Crippen LogP contribution is -2.34. The highest BCUT2D eigenvalue weighted by atomic mass is 16.1. The van der Waals surface area contributed by atoms with Crippen LogP contribution in [0.5, 0.6) is 0 Å². The lowest BCUT2D eigenvalue weighted by atomic mass is 10.0. The number of nitrogens with one attached hydrogen (secondary N) is 1. The van der Waals surface area contributed by atoms with Crippen molar-refractivity contribution in [2.45, 2.75) is 20.8 Å². The van der Waals surface area contributed by atoms with Gasteiger partial charge in [-0.05, 0) is 37.7 Å². The molecule has 154 valence electrons. The van der Waals surface area contributed by atoms with E-state index in [0.29, 0.717) is 17.9 Å². The first-order valence-corrected chi connectivity index (χ1v) is 10.3. The first-order valence-electron chi connectivity index (χ1n) is 10.3. The Morgan fingerprint density at radius 3 is 2.50 bits per heavy atom. The first kappa shape index (κ1) is 21.4. The summed E-state index contributed by atoms with van der Waals surface area (Å²) >= 11 is 0. The number of pyridine rings is 1. The second-order valence-electron chi connectivity index (χ2n) is 7.17. The van der Waals surface area contributed by atoms with Crippen molar-refractivity contribution in [2.24, 2.45) is 0 Å². The van der Waals surface area contributed by atoms with Gasteiger partial charge in [0.05, 0.1) is 5.56 Å². The summed E-state index contributed by atoms with van der Waals surface area (Å²) in [5.74, 6) is 6.83. The zero-order valence-electron chi connectivity index (χ0n) is 17.8. The molecule has 0 saturated carbocycles. The third-order valence-corrected chi connectivity index (χ3v) is 5.27. The van der Waals surface area contributed by atoms with Crippen LogP contribution >= 0.6 is 0 Å². The minimum absolute atomic E-state index is 0.0789. The molecule has 1 heterocycles. The Morgan fingerprint density at radius 1 is 1.07 bits per heavy atom. The summed E-state index contributed by atoms with van der Waals surface area (Å²) < 4.78 is 0. The van der Waals surface area contributed by atoms with E-state index in [0.717, 1.165) is 47.1 Å². The van der Waals surface area contributed by atoms with Gasteiger partial charge >= 0.3 is 0 Å². The summed E-state index contributed by atoms with van der Waals surface area (Å²) in [6.45, 7) is 9.65. The molecule has 0 radical (unpaired) electrons. The number of carbonyl (C=O) groups excluding carboxylic acids is 1. The largest absolute Gasteiger partial charge is 0.383 e. The molecule has 0 aliphatic heterocycles. The molecule has 0 aliphatic carbocycles. The zero-order chi connectivity index (χ0) is 21.5. The molecule has 0 aliphatic rings. The Bertz CT molecular complexity index is 1110. The molecular weight excluding hydrogens is 372 g/mol. The second-order valence-corrected chi connectivity index (χ2v) is 7.17. The van der Waals surface area contributed by atoms with E-state index in [-0.39, 0.29) is 5.91 Å². The van der Waals surface area contributed by atoms with Crippen LogP contribution in [0.25, 0.3) is 10.8 Å². The summed E-state index contributed by atoms with van der Waals surface area (Å²) in [4.78, 5) is 19.1. The van der Waals surface area contributed by atoms with E-state index in [4.69, 9.17) is 5.73 Å². The van der Waals surface area contributed by atoms with Gasteiger partial charge in [0.15, 0.2) is 0 Å². The highest BCUT2D eigenvalue weighted by Crippen LogP contribution is 2.21. The van der Waals surface area contributed by atoms with Crippen LogP contribution in [0.15, 0.2) is 48.7 Å². The number of rotatable bonds is 6. The fourth-order valence-corrected chi connectivity index (χ4v) is 3.32. The van der Waals surface area contributed by atoms with E-state index >= 15 is 0 Å². The molecule has 1 amide bonds. The summed E-state index contributed by atoms with van der Waals surface area (Å²) in [5.41, 5.74) is 9.26. The molecule has 2 aromatic carbocycles. The van der Waals surface area contributed by atoms with E-state index in [1.54, 1.807) is 6.20 Å². The number of aryl methyl sites for hydroxylation is 1. The van der Waals surface area contributed by atoms with E-state index in [1.807, 2.05) is 49.4 Å². The van der Waals surface area contributed by atoms with Gasteiger partial charge in [0.25, 0.3) is 5.91 Å². The fraction of sp³-hybridized carbons (Fsp3) is 0.280. The number of nitrogens with zero attached hydrogens (tertiary/aromatic N) is 2. The second kappa shape index (κ2) is 9.91. The van der Waals surface area contributed by atoms with E-state index in [1.165, 1.54) is 0 Å². The van der Waals surface area contributed by atoms with Crippen LogP contribution in [0, 0.1) is 18.8 Å². The average molecular weight is 401 g/mol. The van der Waals surface area contributed by atoms with Gasteiger partial charge in [-0.2, -0.15) is 0 Å². The van der Waals surface area contributed by atoms with Gasteiger partial charge in [-0.1, -0.05) is 56.0 Å². The molecular formula is C25H28N4O. The Kier molecular flexibility index (Phi) is 7.05. The van der Waals surface area contributed by atoms with Gasteiger partial charge in [-0.25, -0.2) is 4.98 Å².